The van der Waals surface area contributed by atoms with Crippen molar-refractivity contribution in [2.75, 3.05) is 7.05 Å². The number of hydrogen-bond acceptors (Lipinski definition) is 2. The molecule has 0 radical (unpaired) electrons. The van der Waals surface area contributed by atoms with Crippen LogP contribution < -0.4 is 15.4 Å². The summed E-state index contributed by atoms with van der Waals surface area (Å²) >= 11 is 0. The SMILES string of the molecule is CN=C(NCc1ccccc1OC(F)F)NC1CC1. The molecule has 1 aromatic rings. The molecule has 19 heavy (non-hydrogen) atoms. The topological polar surface area (TPSA) is 45.7 Å². The summed E-state index contributed by atoms with van der Waals surface area (Å²) in [5.41, 5.74) is 0.668. The van der Waals surface area contributed by atoms with E-state index in [2.05, 4.69) is 20.4 Å². The highest BCUT2D eigenvalue weighted by Gasteiger charge is 2.22. The van der Waals surface area contributed by atoms with E-state index in [-0.39, 0.29) is 5.75 Å². The molecule has 4 nitrogen and oxygen atoms in total. The van der Waals surface area contributed by atoms with Crippen LogP contribution in [0.5, 0.6) is 5.75 Å². The van der Waals surface area contributed by atoms with Crippen molar-refractivity contribution in [1.29, 1.82) is 0 Å². The van der Waals surface area contributed by atoms with E-state index in [9.17, 15) is 8.78 Å². The average Bonchev–Trinajstić information content (AvgIpc) is 3.19. The van der Waals surface area contributed by atoms with Gasteiger partial charge in [-0.05, 0) is 18.9 Å². The molecular formula is C13H17F2N3O. The van der Waals surface area contributed by atoms with E-state index in [1.807, 2.05) is 0 Å². The standard InChI is InChI=1S/C13H17F2N3O/c1-16-13(18-10-6-7-10)17-8-9-4-2-3-5-11(9)19-12(14)15/h2-5,10,12H,6-8H2,1H3,(H2,16,17,18). The Morgan fingerprint density at radius 1 is 1.42 bits per heavy atom. The molecule has 0 saturated heterocycles. The summed E-state index contributed by atoms with van der Waals surface area (Å²) in [5.74, 6) is 0.862. The highest BCUT2D eigenvalue weighted by molar-refractivity contribution is 5.80. The van der Waals surface area contributed by atoms with Gasteiger partial charge in [-0.25, -0.2) is 0 Å². The molecule has 2 N–H and O–H groups in total. The van der Waals surface area contributed by atoms with Crippen LogP contribution in [0.3, 0.4) is 0 Å². The Balaban J connectivity index is 1.93. The van der Waals surface area contributed by atoms with Gasteiger partial charge < -0.3 is 15.4 Å². The Kier molecular flexibility index (Phi) is 4.54. The number of benzene rings is 1. The monoisotopic (exact) mass is 269 g/mol. The first-order valence-corrected chi connectivity index (χ1v) is 6.19. The van der Waals surface area contributed by atoms with Gasteiger partial charge in [-0.1, -0.05) is 18.2 Å². The van der Waals surface area contributed by atoms with Gasteiger partial charge in [-0.3, -0.25) is 4.99 Å². The molecule has 2 rings (SSSR count). The van der Waals surface area contributed by atoms with Crippen LogP contribution in [0.2, 0.25) is 0 Å². The van der Waals surface area contributed by atoms with Crippen molar-refractivity contribution < 1.29 is 13.5 Å². The molecule has 1 saturated carbocycles. The molecule has 104 valence electrons. The third kappa shape index (κ3) is 4.39. The van der Waals surface area contributed by atoms with Crippen LogP contribution in [0.25, 0.3) is 0 Å². The van der Waals surface area contributed by atoms with E-state index in [1.165, 1.54) is 6.07 Å². The van der Waals surface area contributed by atoms with E-state index < -0.39 is 6.61 Å². The number of rotatable bonds is 5. The van der Waals surface area contributed by atoms with Crippen molar-refractivity contribution in [1.82, 2.24) is 10.6 Å². The lowest BCUT2D eigenvalue weighted by Gasteiger charge is -2.14. The zero-order chi connectivity index (χ0) is 13.7. The quantitative estimate of drug-likeness (QED) is 0.635. The van der Waals surface area contributed by atoms with Gasteiger partial charge in [0.25, 0.3) is 0 Å². The third-order valence-electron chi connectivity index (χ3n) is 2.78. The van der Waals surface area contributed by atoms with Gasteiger partial charge in [-0.15, -0.1) is 0 Å². The molecular weight excluding hydrogens is 252 g/mol. The number of para-hydroxylation sites is 1. The fourth-order valence-electron chi connectivity index (χ4n) is 1.66. The molecule has 0 unspecified atom stereocenters. The van der Waals surface area contributed by atoms with Crippen LogP contribution in [-0.4, -0.2) is 25.7 Å². The first kappa shape index (κ1) is 13.6. The van der Waals surface area contributed by atoms with E-state index in [4.69, 9.17) is 0 Å². The predicted octanol–water partition coefficient (Wildman–Crippen LogP) is 2.12. The summed E-state index contributed by atoms with van der Waals surface area (Å²) < 4.78 is 29.0. The number of nitrogens with one attached hydrogen (secondary N) is 2. The second-order valence-electron chi connectivity index (χ2n) is 4.33. The van der Waals surface area contributed by atoms with Gasteiger partial charge in [0, 0.05) is 25.2 Å². The van der Waals surface area contributed by atoms with E-state index >= 15 is 0 Å². The van der Waals surface area contributed by atoms with Crippen molar-refractivity contribution in [2.24, 2.45) is 4.99 Å². The molecule has 1 aliphatic carbocycles. The summed E-state index contributed by atoms with van der Waals surface area (Å²) in [4.78, 5) is 4.08. The number of alkyl halides is 2. The molecule has 0 amide bonds. The van der Waals surface area contributed by atoms with Crippen LogP contribution in [0.15, 0.2) is 29.3 Å². The van der Waals surface area contributed by atoms with Gasteiger partial charge in [0.2, 0.25) is 0 Å². The molecule has 0 bridgehead atoms. The third-order valence-corrected chi connectivity index (χ3v) is 2.78. The molecule has 0 spiro atoms. The highest BCUT2D eigenvalue weighted by atomic mass is 19.3. The van der Waals surface area contributed by atoms with E-state index in [1.54, 1.807) is 25.2 Å². The largest absolute Gasteiger partial charge is 0.434 e. The van der Waals surface area contributed by atoms with Crippen LogP contribution >= 0.6 is 0 Å². The number of hydrogen-bond donors (Lipinski definition) is 2. The Labute approximate surface area is 110 Å². The first-order valence-electron chi connectivity index (χ1n) is 6.19. The number of nitrogens with zero attached hydrogens (tertiary/aromatic N) is 1. The Hall–Kier alpha value is -1.85. The fourth-order valence-corrected chi connectivity index (χ4v) is 1.66. The van der Waals surface area contributed by atoms with Crippen molar-refractivity contribution in [2.45, 2.75) is 32.0 Å². The average molecular weight is 269 g/mol. The molecule has 1 fully saturated rings. The van der Waals surface area contributed by atoms with Gasteiger partial charge in [0.15, 0.2) is 5.96 Å². The second kappa shape index (κ2) is 6.36. The summed E-state index contributed by atoms with van der Waals surface area (Å²) in [6.07, 6.45) is 2.29. The Morgan fingerprint density at radius 3 is 2.79 bits per heavy atom. The minimum atomic E-state index is -2.81. The maximum atomic E-state index is 12.3. The maximum Gasteiger partial charge on any atom is 0.387 e. The van der Waals surface area contributed by atoms with Crippen LogP contribution in [0, 0.1) is 0 Å². The molecule has 0 atom stereocenters. The number of guanidine groups is 1. The lowest BCUT2D eigenvalue weighted by Crippen LogP contribution is -2.38. The van der Waals surface area contributed by atoms with Crippen LogP contribution in [0.4, 0.5) is 8.78 Å². The summed E-state index contributed by atoms with van der Waals surface area (Å²) in [6, 6.07) is 7.21. The normalized spacial score (nSPS) is 15.5. The zero-order valence-electron chi connectivity index (χ0n) is 10.7. The molecule has 6 heteroatoms. The molecule has 0 aromatic heterocycles. The molecule has 0 aliphatic heterocycles. The van der Waals surface area contributed by atoms with Crippen LogP contribution in [0.1, 0.15) is 18.4 Å². The molecule has 1 aliphatic rings. The number of halogens is 2. The lowest BCUT2D eigenvalue weighted by atomic mass is 10.2. The second-order valence-corrected chi connectivity index (χ2v) is 4.33. The lowest BCUT2D eigenvalue weighted by molar-refractivity contribution is -0.0504. The number of ether oxygens (including phenoxy) is 1. The van der Waals surface area contributed by atoms with Crippen molar-refractivity contribution >= 4 is 5.96 Å². The minimum Gasteiger partial charge on any atom is -0.434 e. The Morgan fingerprint density at radius 2 is 2.16 bits per heavy atom. The van der Waals surface area contributed by atoms with Crippen molar-refractivity contribution in [3.8, 4) is 5.75 Å². The predicted molar refractivity (Wildman–Crippen MR) is 69.4 cm³/mol. The molecule has 1 aromatic carbocycles. The number of aliphatic imine (C=N–C) groups is 1. The van der Waals surface area contributed by atoms with Gasteiger partial charge in [0.1, 0.15) is 5.75 Å². The zero-order valence-corrected chi connectivity index (χ0v) is 10.7. The minimum absolute atomic E-state index is 0.187. The van der Waals surface area contributed by atoms with Gasteiger partial charge in [0.05, 0.1) is 0 Å². The van der Waals surface area contributed by atoms with Gasteiger partial charge in [-0.2, -0.15) is 8.78 Å². The van der Waals surface area contributed by atoms with E-state index in [0.717, 1.165) is 12.8 Å². The smallest absolute Gasteiger partial charge is 0.387 e. The highest BCUT2D eigenvalue weighted by Crippen LogP contribution is 2.20. The fraction of sp³-hybridized carbons (Fsp3) is 0.462. The van der Waals surface area contributed by atoms with Gasteiger partial charge >= 0.3 is 6.61 Å². The Bertz CT molecular complexity index is 447. The van der Waals surface area contributed by atoms with Crippen molar-refractivity contribution in [3.05, 3.63) is 29.8 Å². The maximum absolute atomic E-state index is 12.3. The van der Waals surface area contributed by atoms with Crippen molar-refractivity contribution in [3.63, 3.8) is 0 Å². The van der Waals surface area contributed by atoms with E-state index in [0.29, 0.717) is 24.1 Å². The molecule has 0 heterocycles. The summed E-state index contributed by atoms with van der Waals surface area (Å²) in [7, 11) is 1.68. The summed E-state index contributed by atoms with van der Waals surface area (Å²) in [5, 5.41) is 6.31. The first-order chi connectivity index (χ1) is 9.19. The van der Waals surface area contributed by atoms with Crippen LogP contribution in [-0.2, 0) is 6.54 Å². The summed E-state index contributed by atoms with van der Waals surface area (Å²) in [6.45, 7) is -2.43.